The lowest BCUT2D eigenvalue weighted by atomic mass is 9.96. The molecule has 41 heavy (non-hydrogen) atoms. The molecule has 6 rings (SSSR count). The Hall–Kier alpha value is -4.39. The third-order valence-electron chi connectivity index (χ3n) is 7.53. The van der Waals surface area contributed by atoms with E-state index < -0.39 is 0 Å². The monoisotopic (exact) mass is 564 g/mol. The Balaban J connectivity index is 0.00000337. The van der Waals surface area contributed by atoms with E-state index in [1.807, 2.05) is 65.7 Å². The molecule has 0 spiro atoms. The van der Waals surface area contributed by atoms with Gasteiger partial charge in [-0.3, -0.25) is 9.69 Å². The lowest BCUT2D eigenvalue weighted by Crippen LogP contribution is -2.49. The molecule has 0 bridgehead atoms. The van der Waals surface area contributed by atoms with Crippen LogP contribution in [-0.4, -0.2) is 58.8 Å². The van der Waals surface area contributed by atoms with Crippen molar-refractivity contribution >= 4 is 18.3 Å². The average Bonchev–Trinajstić information content (AvgIpc) is 3.48. The maximum absolute atomic E-state index is 14.0. The molecule has 4 aromatic carbocycles. The first-order valence-electron chi connectivity index (χ1n) is 13.6. The second kappa shape index (κ2) is 12.9. The second-order valence-electron chi connectivity index (χ2n) is 9.95. The van der Waals surface area contributed by atoms with Crippen LogP contribution in [0.4, 0.5) is 0 Å². The average molecular weight is 565 g/mol. The number of benzene rings is 4. The van der Waals surface area contributed by atoms with E-state index >= 15 is 0 Å². The lowest BCUT2D eigenvalue weighted by molar-refractivity contribution is 0.0598. The number of hydrogen-bond donors (Lipinski definition) is 0. The van der Waals surface area contributed by atoms with E-state index in [4.69, 9.17) is 9.84 Å². The van der Waals surface area contributed by atoms with Crippen LogP contribution in [0.3, 0.4) is 0 Å². The number of amides is 1. The quantitative estimate of drug-likeness (QED) is 0.226. The van der Waals surface area contributed by atoms with Gasteiger partial charge >= 0.3 is 0 Å². The number of para-hydroxylation sites is 1. The van der Waals surface area contributed by atoms with Gasteiger partial charge in [-0.25, -0.2) is 4.68 Å². The van der Waals surface area contributed by atoms with E-state index in [1.165, 1.54) is 11.1 Å². The fourth-order valence-electron chi connectivity index (χ4n) is 5.44. The fraction of sp³-hybridized carbons (Fsp3) is 0.176. The van der Waals surface area contributed by atoms with Gasteiger partial charge in [-0.15, -0.1) is 12.4 Å². The summed E-state index contributed by atoms with van der Waals surface area (Å²) in [5.74, 6) is 0.769. The van der Waals surface area contributed by atoms with Crippen molar-refractivity contribution in [2.75, 3.05) is 33.3 Å². The SMILES string of the molecule is COc1ccc(-c2nn(-c3ccccc3)cc2C(=O)N2CCN(C(c3ccccc3)c3ccccc3)CC2)cc1.Cl. The van der Waals surface area contributed by atoms with Crippen molar-refractivity contribution in [2.45, 2.75) is 6.04 Å². The van der Waals surface area contributed by atoms with Crippen molar-refractivity contribution in [2.24, 2.45) is 0 Å². The number of piperazine rings is 1. The predicted molar refractivity (Wildman–Crippen MR) is 165 cm³/mol. The zero-order chi connectivity index (χ0) is 27.3. The van der Waals surface area contributed by atoms with E-state index in [9.17, 15) is 4.79 Å². The molecule has 0 saturated carbocycles. The van der Waals surface area contributed by atoms with Crippen LogP contribution >= 0.6 is 12.4 Å². The van der Waals surface area contributed by atoms with Crippen LogP contribution in [0, 0.1) is 0 Å². The number of rotatable bonds is 7. The summed E-state index contributed by atoms with van der Waals surface area (Å²) in [7, 11) is 1.65. The molecular weight excluding hydrogens is 532 g/mol. The van der Waals surface area contributed by atoms with Crippen molar-refractivity contribution in [3.8, 4) is 22.7 Å². The zero-order valence-electron chi connectivity index (χ0n) is 23.0. The third kappa shape index (κ3) is 6.04. The Labute approximate surface area is 247 Å². The van der Waals surface area contributed by atoms with Gasteiger partial charge in [0.25, 0.3) is 5.91 Å². The molecule has 5 aromatic rings. The Morgan fingerprint density at radius 1 is 0.732 bits per heavy atom. The predicted octanol–water partition coefficient (Wildman–Crippen LogP) is 6.52. The maximum Gasteiger partial charge on any atom is 0.257 e. The van der Waals surface area contributed by atoms with Gasteiger partial charge in [0, 0.05) is 37.9 Å². The zero-order valence-corrected chi connectivity index (χ0v) is 23.8. The first-order valence-corrected chi connectivity index (χ1v) is 13.6. The third-order valence-corrected chi connectivity index (χ3v) is 7.53. The van der Waals surface area contributed by atoms with E-state index in [0.717, 1.165) is 30.1 Å². The van der Waals surface area contributed by atoms with Crippen LogP contribution in [0.1, 0.15) is 27.5 Å². The van der Waals surface area contributed by atoms with Crippen LogP contribution < -0.4 is 4.74 Å². The normalized spacial score (nSPS) is 13.6. The summed E-state index contributed by atoms with van der Waals surface area (Å²) in [5, 5.41) is 4.86. The molecular formula is C34H33ClN4O2. The minimum Gasteiger partial charge on any atom is -0.497 e. The van der Waals surface area contributed by atoms with Crippen LogP contribution in [-0.2, 0) is 0 Å². The molecule has 1 aromatic heterocycles. The summed E-state index contributed by atoms with van der Waals surface area (Å²) in [6, 6.07) is 39.0. The van der Waals surface area contributed by atoms with Crippen LogP contribution in [0.5, 0.6) is 5.75 Å². The number of methoxy groups -OCH3 is 1. The molecule has 0 aliphatic carbocycles. The van der Waals surface area contributed by atoms with Gasteiger partial charge in [-0.2, -0.15) is 5.10 Å². The van der Waals surface area contributed by atoms with Gasteiger partial charge in [0.1, 0.15) is 11.4 Å². The molecule has 1 saturated heterocycles. The van der Waals surface area contributed by atoms with Crippen LogP contribution in [0.25, 0.3) is 16.9 Å². The smallest absolute Gasteiger partial charge is 0.257 e. The molecule has 208 valence electrons. The second-order valence-corrected chi connectivity index (χ2v) is 9.95. The Morgan fingerprint density at radius 3 is 1.80 bits per heavy atom. The molecule has 1 aliphatic rings. The number of ether oxygens (including phenoxy) is 1. The molecule has 0 N–H and O–H groups in total. The van der Waals surface area contributed by atoms with E-state index in [0.29, 0.717) is 24.3 Å². The molecule has 0 radical (unpaired) electrons. The standard InChI is InChI=1S/C34H32N4O2.ClH/c1-40-30-19-17-26(18-20-30)32-31(25-38(35-32)29-15-9-4-10-16-29)34(39)37-23-21-36(22-24-37)33(27-11-5-2-6-12-27)28-13-7-3-8-14-28;/h2-20,25,33H,21-24H2,1H3;1H. The molecule has 1 aliphatic heterocycles. The summed E-state index contributed by atoms with van der Waals surface area (Å²) in [5.41, 5.74) is 5.59. The summed E-state index contributed by atoms with van der Waals surface area (Å²) in [6.45, 7) is 2.86. The maximum atomic E-state index is 14.0. The highest BCUT2D eigenvalue weighted by molar-refractivity contribution is 6.00. The van der Waals surface area contributed by atoms with Crippen LogP contribution in [0.15, 0.2) is 121 Å². The highest BCUT2D eigenvalue weighted by Gasteiger charge is 2.30. The van der Waals surface area contributed by atoms with Crippen molar-refractivity contribution in [3.63, 3.8) is 0 Å². The lowest BCUT2D eigenvalue weighted by Gasteiger charge is -2.39. The van der Waals surface area contributed by atoms with Crippen molar-refractivity contribution < 1.29 is 9.53 Å². The molecule has 0 atom stereocenters. The number of hydrogen-bond acceptors (Lipinski definition) is 4. The number of carbonyl (C=O) groups is 1. The fourth-order valence-corrected chi connectivity index (χ4v) is 5.44. The van der Waals surface area contributed by atoms with E-state index in [-0.39, 0.29) is 24.4 Å². The minimum atomic E-state index is 0. The summed E-state index contributed by atoms with van der Waals surface area (Å²) < 4.78 is 7.14. The first-order chi connectivity index (χ1) is 19.7. The van der Waals surface area contributed by atoms with E-state index in [1.54, 1.807) is 11.8 Å². The highest BCUT2D eigenvalue weighted by atomic mass is 35.5. The van der Waals surface area contributed by atoms with E-state index in [2.05, 4.69) is 65.6 Å². The molecule has 1 fully saturated rings. The van der Waals surface area contributed by atoms with Gasteiger partial charge < -0.3 is 9.64 Å². The molecule has 7 heteroatoms. The van der Waals surface area contributed by atoms with Gasteiger partial charge in [-0.05, 0) is 47.5 Å². The molecule has 2 heterocycles. The molecule has 1 amide bonds. The topological polar surface area (TPSA) is 50.6 Å². The minimum absolute atomic E-state index is 0. The summed E-state index contributed by atoms with van der Waals surface area (Å²) >= 11 is 0. The molecule has 0 unspecified atom stereocenters. The number of halogens is 1. The number of aromatic nitrogens is 2. The highest BCUT2D eigenvalue weighted by Crippen LogP contribution is 2.31. The number of nitrogens with zero attached hydrogens (tertiary/aromatic N) is 4. The largest absolute Gasteiger partial charge is 0.497 e. The summed E-state index contributed by atoms with van der Waals surface area (Å²) in [4.78, 5) is 18.4. The van der Waals surface area contributed by atoms with Crippen molar-refractivity contribution in [3.05, 3.63) is 138 Å². The van der Waals surface area contributed by atoms with Gasteiger partial charge in [0.15, 0.2) is 0 Å². The Kier molecular flexibility index (Phi) is 8.82. The Morgan fingerprint density at radius 2 is 1.27 bits per heavy atom. The van der Waals surface area contributed by atoms with Crippen molar-refractivity contribution in [1.82, 2.24) is 19.6 Å². The first kappa shape index (κ1) is 28.1. The molecule has 6 nitrogen and oxygen atoms in total. The van der Waals surface area contributed by atoms with Crippen LogP contribution in [0.2, 0.25) is 0 Å². The van der Waals surface area contributed by atoms with Crippen molar-refractivity contribution in [1.29, 1.82) is 0 Å². The van der Waals surface area contributed by atoms with Gasteiger partial charge in [0.05, 0.1) is 24.4 Å². The van der Waals surface area contributed by atoms with Gasteiger partial charge in [-0.1, -0.05) is 78.9 Å². The summed E-state index contributed by atoms with van der Waals surface area (Å²) in [6.07, 6.45) is 1.86. The Bertz CT molecular complexity index is 1510. The van der Waals surface area contributed by atoms with Gasteiger partial charge in [0.2, 0.25) is 0 Å². The number of carbonyl (C=O) groups excluding carboxylic acids is 1.